The maximum Gasteiger partial charge on any atom is 0.397 e. The second kappa shape index (κ2) is 39.8. The molecule has 76 heavy (non-hydrogen) atoms. The van der Waals surface area contributed by atoms with Crippen molar-refractivity contribution in [2.45, 2.75) is 257 Å². The Bertz CT molecular complexity index is 1960. The van der Waals surface area contributed by atoms with Gasteiger partial charge in [0.25, 0.3) is 0 Å². The lowest BCUT2D eigenvalue weighted by atomic mass is 9.82. The van der Waals surface area contributed by atoms with Crippen molar-refractivity contribution >= 4 is 22.2 Å². The van der Waals surface area contributed by atoms with Crippen LogP contribution in [0.1, 0.15) is 254 Å². The number of hydrogen-bond donors (Lipinski definition) is 4. The van der Waals surface area contributed by atoms with E-state index in [1.54, 1.807) is 12.1 Å². The lowest BCUT2D eigenvalue weighted by Gasteiger charge is -2.46. The van der Waals surface area contributed by atoms with Crippen LogP contribution in [0.2, 0.25) is 0 Å². The molecule has 0 saturated carbocycles. The highest BCUT2D eigenvalue weighted by molar-refractivity contribution is 7.80. The van der Waals surface area contributed by atoms with Gasteiger partial charge in [0.1, 0.15) is 24.2 Å². The summed E-state index contributed by atoms with van der Waals surface area (Å²) >= 11 is 0. The highest BCUT2D eigenvalue weighted by Crippen LogP contribution is 2.39. The van der Waals surface area contributed by atoms with Gasteiger partial charge in [0.2, 0.25) is 5.91 Å². The molecule has 0 radical (unpaired) electrons. The quantitative estimate of drug-likeness (QED) is 0.0159. The number of benzene rings is 2. The van der Waals surface area contributed by atoms with Crippen molar-refractivity contribution in [1.29, 1.82) is 0 Å². The fourth-order valence-corrected chi connectivity index (χ4v) is 10.2. The molecule has 2 aromatic carbocycles. The predicted octanol–water partition coefficient (Wildman–Crippen LogP) is 14.0. The molecule has 1 unspecified atom stereocenters. The zero-order valence-corrected chi connectivity index (χ0v) is 48.1. The van der Waals surface area contributed by atoms with Gasteiger partial charge in [-0.2, -0.15) is 8.42 Å². The third kappa shape index (κ3) is 26.9. The molecular weight excluding hydrogens is 991 g/mol. The van der Waals surface area contributed by atoms with Crippen LogP contribution in [0.4, 0.5) is 0 Å². The van der Waals surface area contributed by atoms with Gasteiger partial charge < -0.3 is 38.6 Å². The summed E-state index contributed by atoms with van der Waals surface area (Å²) in [5.74, 6) is -5.66. The van der Waals surface area contributed by atoms with Gasteiger partial charge in [-0.3, -0.25) is 15.1 Å². The molecule has 2 aromatic rings. The Hall–Kier alpha value is -3.51. The Morgan fingerprint density at radius 2 is 0.842 bits per heavy atom. The zero-order chi connectivity index (χ0) is 55.3. The van der Waals surface area contributed by atoms with Gasteiger partial charge in [0.15, 0.2) is 28.8 Å². The van der Waals surface area contributed by atoms with Crippen LogP contribution in [0, 0.1) is 5.92 Å². The Balaban J connectivity index is 1.92. The first-order valence-corrected chi connectivity index (χ1v) is 31.2. The summed E-state index contributed by atoms with van der Waals surface area (Å²) in [6.45, 7) is 9.33. The summed E-state index contributed by atoms with van der Waals surface area (Å²) < 4.78 is 76.3. The SMILES string of the molecule is CCCCCCCCCCOc1ccc(C(=O)O[C@H]2[C@H](OS(=O)(=O)O)[C@@H](CO)OC(N)(O)[C@@H]2C(=O)c2ccc(OCCCCCCCCCC)c(OCCCCCCCCCC)c2)cc1OCCCCCCCCCC. The van der Waals surface area contributed by atoms with E-state index in [-0.39, 0.29) is 22.6 Å². The fourth-order valence-electron chi connectivity index (χ4n) is 9.69. The first kappa shape index (κ1) is 66.8. The average Bonchev–Trinajstić information content (AvgIpc) is 3.39. The van der Waals surface area contributed by atoms with Crippen LogP contribution < -0.4 is 24.7 Å². The molecule has 1 heterocycles. The minimum absolute atomic E-state index is 0.0634. The van der Waals surface area contributed by atoms with E-state index >= 15 is 0 Å². The van der Waals surface area contributed by atoms with Gasteiger partial charge in [-0.25, -0.2) is 8.98 Å². The fraction of sp³-hybridized carbons (Fsp3) is 0.767. The van der Waals surface area contributed by atoms with E-state index in [1.165, 1.54) is 140 Å². The van der Waals surface area contributed by atoms with Crippen molar-refractivity contribution in [1.82, 2.24) is 0 Å². The van der Waals surface area contributed by atoms with Crippen LogP contribution in [-0.2, 0) is 24.1 Å². The minimum Gasteiger partial charge on any atom is -0.490 e. The summed E-state index contributed by atoms with van der Waals surface area (Å²) in [7, 11) is -5.35. The van der Waals surface area contributed by atoms with Crippen LogP contribution in [-0.4, -0.2) is 92.2 Å². The second-order valence-corrected chi connectivity index (χ2v) is 22.0. The van der Waals surface area contributed by atoms with Crippen molar-refractivity contribution in [3.05, 3.63) is 47.5 Å². The molecule has 436 valence electrons. The summed E-state index contributed by atoms with van der Waals surface area (Å²) in [5.41, 5.74) is 6.22. The molecule has 1 aliphatic rings. The smallest absolute Gasteiger partial charge is 0.397 e. The highest BCUT2D eigenvalue weighted by atomic mass is 32.3. The number of esters is 1. The van der Waals surface area contributed by atoms with Gasteiger partial charge in [0, 0.05) is 5.56 Å². The van der Waals surface area contributed by atoms with Gasteiger partial charge in [-0.1, -0.05) is 207 Å². The maximum absolute atomic E-state index is 14.9. The number of nitrogens with two attached hydrogens (primary N) is 1. The van der Waals surface area contributed by atoms with Crippen LogP contribution >= 0.6 is 0 Å². The van der Waals surface area contributed by atoms with E-state index in [2.05, 4.69) is 27.7 Å². The van der Waals surface area contributed by atoms with Gasteiger partial charge in [0.05, 0.1) is 38.6 Å². The van der Waals surface area contributed by atoms with Crippen LogP contribution in [0.3, 0.4) is 0 Å². The molecule has 3 rings (SSSR count). The standard InChI is InChI=1S/C60H101NO14S/c1-5-9-13-17-21-25-29-33-41-69-50-39-37-48(45-52(50)71-43-35-31-27-23-19-15-11-7-3)56(63)55-58(57(75-76(66,67)68)54(47-62)74-60(55,61)65)73-59(64)49-38-40-51(70-42-34-30-26-22-18-14-10-6-2)53(46-49)72-44-36-32-28-24-20-16-12-8-4/h37-40,45-46,54-55,57-58,62,65H,5-36,41-44,47,61H2,1-4H3,(H,66,67,68)/t54-,55-,57-,58-,60?/m1/s1. The van der Waals surface area contributed by atoms with Gasteiger partial charge >= 0.3 is 16.4 Å². The summed E-state index contributed by atoms with van der Waals surface area (Å²) in [6.07, 6.45) is 29.7. The molecule has 0 amide bonds. The van der Waals surface area contributed by atoms with E-state index in [4.69, 9.17) is 38.3 Å². The largest absolute Gasteiger partial charge is 0.490 e. The monoisotopic (exact) mass is 1090 g/mol. The lowest BCUT2D eigenvalue weighted by molar-refractivity contribution is -0.317. The summed E-state index contributed by atoms with van der Waals surface area (Å²) in [5, 5.41) is 22.1. The van der Waals surface area contributed by atoms with E-state index in [1.807, 2.05) is 0 Å². The third-order valence-electron chi connectivity index (χ3n) is 14.2. The molecule has 0 bridgehead atoms. The molecular formula is C60H101NO14S. The minimum atomic E-state index is -5.35. The number of rotatable bonds is 47. The maximum atomic E-state index is 14.9. The van der Waals surface area contributed by atoms with E-state index in [0.717, 1.165) is 89.9 Å². The number of aliphatic hydroxyl groups excluding tert-OH is 1. The number of hydrogen-bond acceptors (Lipinski definition) is 14. The lowest BCUT2D eigenvalue weighted by Crippen LogP contribution is -2.69. The molecule has 0 aromatic heterocycles. The van der Waals surface area contributed by atoms with Crippen molar-refractivity contribution in [2.24, 2.45) is 11.7 Å². The molecule has 1 aliphatic heterocycles. The molecule has 5 N–H and O–H groups in total. The normalized spacial score (nSPS) is 18.6. The highest BCUT2D eigenvalue weighted by Gasteiger charge is 2.59. The van der Waals surface area contributed by atoms with Crippen molar-refractivity contribution in [3.63, 3.8) is 0 Å². The van der Waals surface area contributed by atoms with E-state index in [9.17, 15) is 32.8 Å². The topological polar surface area (TPSA) is 220 Å². The van der Waals surface area contributed by atoms with E-state index in [0.29, 0.717) is 37.9 Å². The van der Waals surface area contributed by atoms with Crippen molar-refractivity contribution < 1.29 is 65.4 Å². The first-order chi connectivity index (χ1) is 36.8. The van der Waals surface area contributed by atoms with Crippen molar-refractivity contribution in [3.8, 4) is 23.0 Å². The molecule has 5 atom stereocenters. The van der Waals surface area contributed by atoms with E-state index < -0.39 is 58.9 Å². The number of ketones is 1. The number of ether oxygens (including phenoxy) is 6. The Kier molecular flexibility index (Phi) is 35.0. The number of carbonyl (C=O) groups excluding carboxylic acids is 2. The summed E-state index contributed by atoms with van der Waals surface area (Å²) in [4.78, 5) is 29.2. The average molecular weight is 1090 g/mol. The van der Waals surface area contributed by atoms with Gasteiger partial charge in [-0.05, 0) is 62.1 Å². The first-order valence-electron chi connectivity index (χ1n) is 29.8. The van der Waals surface area contributed by atoms with Crippen LogP contribution in [0.25, 0.3) is 0 Å². The van der Waals surface area contributed by atoms with Crippen LogP contribution in [0.15, 0.2) is 36.4 Å². The predicted molar refractivity (Wildman–Crippen MR) is 300 cm³/mol. The number of Topliss-reactive ketones (excluding diaryl/α,β-unsaturated/α-hetero) is 1. The molecule has 15 nitrogen and oxygen atoms in total. The zero-order valence-electron chi connectivity index (χ0n) is 47.3. The van der Waals surface area contributed by atoms with Crippen LogP contribution in [0.5, 0.6) is 23.0 Å². The molecule has 1 saturated heterocycles. The number of carbonyl (C=O) groups is 2. The summed E-state index contributed by atoms with van der Waals surface area (Å²) in [6, 6.07) is 8.96. The van der Waals surface area contributed by atoms with Gasteiger partial charge in [-0.15, -0.1) is 0 Å². The Morgan fingerprint density at radius 3 is 1.20 bits per heavy atom. The Morgan fingerprint density at radius 1 is 0.513 bits per heavy atom. The molecule has 1 fully saturated rings. The second-order valence-electron chi connectivity index (χ2n) is 20.9. The third-order valence-corrected chi connectivity index (χ3v) is 14.6. The number of aliphatic hydroxyl groups is 2. The Labute approximate surface area is 458 Å². The molecule has 0 spiro atoms. The molecule has 16 heteroatoms. The molecule has 0 aliphatic carbocycles. The van der Waals surface area contributed by atoms with Crippen molar-refractivity contribution in [2.75, 3.05) is 33.0 Å². The number of unbranched alkanes of at least 4 members (excludes halogenated alkanes) is 28.